The van der Waals surface area contributed by atoms with Gasteiger partial charge in [-0.05, 0) is 19.4 Å². The Hall–Kier alpha value is -2.42. The largest absolute Gasteiger partial charge is 0.454 e. The zero-order valence-electron chi connectivity index (χ0n) is 18.1. The smallest absolute Gasteiger partial charge is 0.387 e. The number of aryl methyl sites for hydroxylation is 1. The van der Waals surface area contributed by atoms with Crippen LogP contribution >= 0.6 is 24.0 Å². The highest BCUT2D eigenvalue weighted by Crippen LogP contribution is 2.39. The van der Waals surface area contributed by atoms with Crippen molar-refractivity contribution in [1.82, 2.24) is 25.4 Å². The van der Waals surface area contributed by atoms with Crippen LogP contribution in [0.4, 0.5) is 8.78 Å². The second-order valence-corrected chi connectivity index (χ2v) is 6.71. The van der Waals surface area contributed by atoms with E-state index in [1.807, 2.05) is 18.5 Å². The molecular weight excluding hydrogens is 541 g/mol. The van der Waals surface area contributed by atoms with Gasteiger partial charge in [0.15, 0.2) is 23.3 Å². The van der Waals surface area contributed by atoms with Gasteiger partial charge in [-0.15, -0.1) is 34.2 Å². The van der Waals surface area contributed by atoms with Gasteiger partial charge >= 0.3 is 6.61 Å². The summed E-state index contributed by atoms with van der Waals surface area (Å²) in [6.45, 7) is 0.591. The molecule has 1 aromatic carbocycles. The molecule has 1 aliphatic heterocycles. The topological polar surface area (TPSA) is 104 Å². The number of nitrogens with zero attached hydrogens (tertiary/aromatic N) is 4. The molecular formula is C19H27F2IN6O4. The summed E-state index contributed by atoms with van der Waals surface area (Å²) in [5, 5.41) is 14.5. The van der Waals surface area contributed by atoms with Crippen molar-refractivity contribution < 1.29 is 27.7 Å². The number of rotatable bonds is 10. The van der Waals surface area contributed by atoms with E-state index in [1.165, 1.54) is 6.07 Å². The molecule has 0 unspecified atom stereocenters. The average molecular weight is 568 g/mol. The van der Waals surface area contributed by atoms with E-state index in [4.69, 9.17) is 14.2 Å². The molecule has 0 amide bonds. The number of hydrogen-bond donors (Lipinski definition) is 2. The van der Waals surface area contributed by atoms with Crippen molar-refractivity contribution in [3.63, 3.8) is 0 Å². The van der Waals surface area contributed by atoms with E-state index in [0.29, 0.717) is 42.7 Å². The summed E-state index contributed by atoms with van der Waals surface area (Å²) in [5.74, 6) is 2.82. The number of aromatic nitrogens is 3. The van der Waals surface area contributed by atoms with E-state index in [0.717, 1.165) is 18.1 Å². The fraction of sp³-hybridized carbons (Fsp3) is 0.526. The van der Waals surface area contributed by atoms with Gasteiger partial charge in [0.2, 0.25) is 6.79 Å². The Labute approximate surface area is 201 Å². The number of benzene rings is 1. The summed E-state index contributed by atoms with van der Waals surface area (Å²) in [6.07, 6.45) is 0.768. The SMILES string of the molecule is COCCCNC(=NCc1cc2c(cc1OC(F)F)OCO2)NCc1nnc(C)n1C.I. The first-order valence-corrected chi connectivity index (χ1v) is 9.71. The highest BCUT2D eigenvalue weighted by molar-refractivity contribution is 14.0. The third-order valence-electron chi connectivity index (χ3n) is 4.59. The lowest BCUT2D eigenvalue weighted by molar-refractivity contribution is -0.0505. The van der Waals surface area contributed by atoms with Crippen molar-refractivity contribution >= 4 is 29.9 Å². The number of methoxy groups -OCH3 is 1. The molecule has 0 atom stereocenters. The van der Waals surface area contributed by atoms with Crippen LogP contribution in [0.5, 0.6) is 17.2 Å². The summed E-state index contributed by atoms with van der Waals surface area (Å²) in [5.41, 5.74) is 0.442. The predicted octanol–water partition coefficient (Wildman–Crippen LogP) is 2.34. The van der Waals surface area contributed by atoms with Crippen LogP contribution in [0.15, 0.2) is 17.1 Å². The number of aliphatic imine (C=N–C) groups is 1. The minimum atomic E-state index is -2.97. The van der Waals surface area contributed by atoms with Gasteiger partial charge in [0.25, 0.3) is 0 Å². The van der Waals surface area contributed by atoms with Crippen LogP contribution in [0.25, 0.3) is 0 Å². The first kappa shape index (κ1) is 25.8. The third kappa shape index (κ3) is 7.05. The van der Waals surface area contributed by atoms with Crippen molar-refractivity contribution in [3.8, 4) is 17.2 Å². The van der Waals surface area contributed by atoms with Gasteiger partial charge in [0, 0.05) is 38.9 Å². The molecule has 0 saturated heterocycles. The van der Waals surface area contributed by atoms with E-state index < -0.39 is 6.61 Å². The standard InChI is InChI=1S/C19H26F2N6O4.HI/c1-12-25-26-17(27(12)2)10-24-19(22-5-4-6-28-3)23-9-13-7-15-16(30-11-29-15)8-14(13)31-18(20)21;/h7-8,18H,4-6,9-11H2,1-3H3,(H2,22,23,24);1H. The Bertz CT molecular complexity index is 912. The van der Waals surface area contributed by atoms with Gasteiger partial charge < -0.3 is 34.1 Å². The third-order valence-corrected chi connectivity index (χ3v) is 4.59. The molecule has 1 aromatic heterocycles. The Kier molecular flexibility index (Phi) is 10.2. The summed E-state index contributed by atoms with van der Waals surface area (Å²) in [7, 11) is 3.50. The number of nitrogens with one attached hydrogen (secondary N) is 2. The van der Waals surface area contributed by atoms with Crippen molar-refractivity contribution in [2.45, 2.75) is 33.0 Å². The molecule has 0 saturated carbocycles. The van der Waals surface area contributed by atoms with Gasteiger partial charge in [-0.25, -0.2) is 4.99 Å². The molecule has 32 heavy (non-hydrogen) atoms. The zero-order chi connectivity index (χ0) is 22.2. The number of guanidine groups is 1. The number of halogens is 3. The van der Waals surface area contributed by atoms with Crippen LogP contribution < -0.4 is 24.8 Å². The highest BCUT2D eigenvalue weighted by Gasteiger charge is 2.20. The number of fused-ring (bicyclic) bond motifs is 1. The fourth-order valence-electron chi connectivity index (χ4n) is 2.82. The van der Waals surface area contributed by atoms with Crippen molar-refractivity contribution in [3.05, 3.63) is 29.3 Å². The van der Waals surface area contributed by atoms with E-state index in [1.54, 1.807) is 13.2 Å². The van der Waals surface area contributed by atoms with Crippen LogP contribution in [-0.4, -0.2) is 54.4 Å². The summed E-state index contributed by atoms with van der Waals surface area (Å²) < 4.78 is 47.9. The first-order chi connectivity index (χ1) is 15.0. The molecule has 2 aromatic rings. The molecule has 0 aliphatic carbocycles. The number of hydrogen-bond acceptors (Lipinski definition) is 7. The van der Waals surface area contributed by atoms with Crippen LogP contribution in [-0.2, 0) is 24.9 Å². The highest BCUT2D eigenvalue weighted by atomic mass is 127. The van der Waals surface area contributed by atoms with Crippen LogP contribution in [0.3, 0.4) is 0 Å². The van der Waals surface area contributed by atoms with Crippen molar-refractivity contribution in [2.75, 3.05) is 27.1 Å². The van der Waals surface area contributed by atoms with Gasteiger partial charge in [-0.1, -0.05) is 0 Å². The van der Waals surface area contributed by atoms with Crippen LogP contribution in [0.1, 0.15) is 23.6 Å². The summed E-state index contributed by atoms with van der Waals surface area (Å²) >= 11 is 0. The minimum Gasteiger partial charge on any atom is -0.454 e. The molecule has 178 valence electrons. The molecule has 13 heteroatoms. The zero-order valence-corrected chi connectivity index (χ0v) is 20.4. The minimum absolute atomic E-state index is 0. The lowest BCUT2D eigenvalue weighted by atomic mass is 10.1. The summed E-state index contributed by atoms with van der Waals surface area (Å²) in [4.78, 5) is 4.51. The molecule has 10 nitrogen and oxygen atoms in total. The molecule has 0 bridgehead atoms. The number of ether oxygens (including phenoxy) is 4. The molecule has 1 aliphatic rings. The van der Waals surface area contributed by atoms with Gasteiger partial charge in [0.1, 0.15) is 11.6 Å². The second-order valence-electron chi connectivity index (χ2n) is 6.71. The van der Waals surface area contributed by atoms with E-state index >= 15 is 0 Å². The Morgan fingerprint density at radius 3 is 2.66 bits per heavy atom. The maximum Gasteiger partial charge on any atom is 0.387 e. The van der Waals surface area contributed by atoms with E-state index in [-0.39, 0.29) is 43.1 Å². The first-order valence-electron chi connectivity index (χ1n) is 9.71. The Morgan fingerprint density at radius 1 is 1.25 bits per heavy atom. The quantitative estimate of drug-likeness (QED) is 0.195. The maximum atomic E-state index is 12.9. The number of alkyl halides is 2. The molecule has 0 fully saturated rings. The fourth-order valence-corrected chi connectivity index (χ4v) is 2.82. The predicted molar refractivity (Wildman–Crippen MR) is 123 cm³/mol. The van der Waals surface area contributed by atoms with Crippen LogP contribution in [0.2, 0.25) is 0 Å². The summed E-state index contributed by atoms with van der Waals surface area (Å²) in [6, 6.07) is 2.99. The lowest BCUT2D eigenvalue weighted by Crippen LogP contribution is -2.38. The molecule has 2 N–H and O–H groups in total. The molecule has 3 rings (SSSR count). The van der Waals surface area contributed by atoms with E-state index in [2.05, 4.69) is 30.6 Å². The Balaban J connectivity index is 0.00000363. The van der Waals surface area contributed by atoms with Gasteiger partial charge in [0.05, 0.1) is 13.1 Å². The normalized spacial score (nSPS) is 12.6. The molecule has 2 heterocycles. The lowest BCUT2D eigenvalue weighted by Gasteiger charge is -2.14. The molecule has 0 spiro atoms. The Morgan fingerprint density at radius 2 is 2.00 bits per heavy atom. The van der Waals surface area contributed by atoms with Gasteiger partial charge in [-0.3, -0.25) is 0 Å². The average Bonchev–Trinajstić information content (AvgIpc) is 3.32. The maximum absolute atomic E-state index is 12.9. The van der Waals surface area contributed by atoms with Crippen molar-refractivity contribution in [2.24, 2.45) is 12.0 Å². The molecule has 0 radical (unpaired) electrons. The monoisotopic (exact) mass is 568 g/mol. The van der Waals surface area contributed by atoms with Crippen LogP contribution in [0, 0.1) is 6.92 Å². The second kappa shape index (κ2) is 12.6. The van der Waals surface area contributed by atoms with Gasteiger partial charge in [-0.2, -0.15) is 8.78 Å². The van der Waals surface area contributed by atoms with Crippen molar-refractivity contribution in [1.29, 1.82) is 0 Å². The van der Waals surface area contributed by atoms with E-state index in [9.17, 15) is 8.78 Å².